The molecule has 96 valence electrons. The van der Waals surface area contributed by atoms with Crippen molar-refractivity contribution in [2.75, 3.05) is 0 Å². The maximum absolute atomic E-state index is 13.2. The minimum atomic E-state index is -4.64. The number of benzene rings is 1. The predicted molar refractivity (Wildman–Crippen MR) is 58.0 cm³/mol. The second-order valence-corrected chi connectivity index (χ2v) is 4.02. The number of halogens is 4. The molecule has 5 heteroatoms. The van der Waals surface area contributed by atoms with Gasteiger partial charge in [0, 0.05) is 6.04 Å². The predicted octanol–water partition coefficient (Wildman–Crippen LogP) is 3.51. The summed E-state index contributed by atoms with van der Waals surface area (Å²) in [5.41, 5.74) is 5.00. The summed E-state index contributed by atoms with van der Waals surface area (Å²) in [6, 6.07) is 3.02. The number of alkyl halides is 3. The summed E-state index contributed by atoms with van der Waals surface area (Å²) in [7, 11) is 0. The first-order valence-corrected chi connectivity index (χ1v) is 5.45. The van der Waals surface area contributed by atoms with E-state index in [1.54, 1.807) is 0 Å². The van der Waals surface area contributed by atoms with Crippen molar-refractivity contribution in [3.8, 4) is 0 Å². The molecule has 0 bridgehead atoms. The third-order valence-corrected chi connectivity index (χ3v) is 2.67. The van der Waals surface area contributed by atoms with E-state index in [1.807, 2.05) is 6.92 Å². The van der Waals surface area contributed by atoms with Crippen LogP contribution in [-0.4, -0.2) is 6.04 Å². The van der Waals surface area contributed by atoms with Crippen LogP contribution in [0.3, 0.4) is 0 Å². The number of aryl methyl sites for hydroxylation is 1. The summed E-state index contributed by atoms with van der Waals surface area (Å²) in [6.07, 6.45) is -2.71. The number of hydrogen-bond donors (Lipinski definition) is 1. The lowest BCUT2D eigenvalue weighted by atomic mass is 10.0. The van der Waals surface area contributed by atoms with Crippen LogP contribution in [0.1, 0.15) is 30.9 Å². The molecule has 0 fully saturated rings. The van der Waals surface area contributed by atoms with Crippen molar-refractivity contribution >= 4 is 0 Å². The molecule has 0 aliphatic heterocycles. The minimum absolute atomic E-state index is 0.000328. The molecule has 0 saturated carbocycles. The Balaban J connectivity index is 2.76. The highest BCUT2D eigenvalue weighted by atomic mass is 19.4. The van der Waals surface area contributed by atoms with E-state index in [1.165, 1.54) is 6.07 Å². The molecule has 0 aliphatic rings. The van der Waals surface area contributed by atoms with E-state index in [0.717, 1.165) is 18.6 Å². The quantitative estimate of drug-likeness (QED) is 0.812. The lowest BCUT2D eigenvalue weighted by molar-refractivity contribution is -0.140. The van der Waals surface area contributed by atoms with Crippen LogP contribution in [0, 0.1) is 5.82 Å². The Morgan fingerprint density at radius 1 is 1.29 bits per heavy atom. The summed E-state index contributed by atoms with van der Waals surface area (Å²) in [6.45, 7) is 1.93. The molecule has 1 unspecified atom stereocenters. The average Bonchev–Trinajstić information content (AvgIpc) is 2.24. The standard InChI is InChI=1S/C12H15F4N/c1-2-9(17)5-3-8-4-6-10(11(13)7-8)12(14,15)16/h4,6-7,9H,2-3,5,17H2,1H3. The summed E-state index contributed by atoms with van der Waals surface area (Å²) in [4.78, 5) is 0. The number of rotatable bonds is 4. The summed E-state index contributed by atoms with van der Waals surface area (Å²) in [5.74, 6) is -1.22. The smallest absolute Gasteiger partial charge is 0.328 e. The first-order valence-electron chi connectivity index (χ1n) is 5.45. The van der Waals surface area contributed by atoms with Gasteiger partial charge in [0.15, 0.2) is 0 Å². The third kappa shape index (κ3) is 4.00. The van der Waals surface area contributed by atoms with E-state index in [4.69, 9.17) is 5.73 Å². The van der Waals surface area contributed by atoms with Crippen LogP contribution in [-0.2, 0) is 12.6 Å². The Labute approximate surface area is 97.6 Å². The molecule has 1 nitrogen and oxygen atoms in total. The highest BCUT2D eigenvalue weighted by molar-refractivity contribution is 5.26. The summed E-state index contributed by atoms with van der Waals surface area (Å²) >= 11 is 0. The van der Waals surface area contributed by atoms with Gasteiger partial charge < -0.3 is 5.73 Å². The Kier molecular flexibility index (Phi) is 4.51. The molecule has 1 aromatic carbocycles. The molecule has 0 heterocycles. The Bertz CT molecular complexity index is 373. The van der Waals surface area contributed by atoms with Crippen LogP contribution >= 0.6 is 0 Å². The van der Waals surface area contributed by atoms with Crippen molar-refractivity contribution in [2.24, 2.45) is 5.73 Å². The van der Waals surface area contributed by atoms with Crippen molar-refractivity contribution in [1.29, 1.82) is 0 Å². The Hall–Kier alpha value is -1.10. The van der Waals surface area contributed by atoms with E-state index in [-0.39, 0.29) is 6.04 Å². The number of hydrogen-bond acceptors (Lipinski definition) is 1. The van der Waals surface area contributed by atoms with Crippen LogP contribution in [0.5, 0.6) is 0 Å². The minimum Gasteiger partial charge on any atom is -0.328 e. The van der Waals surface area contributed by atoms with Gasteiger partial charge >= 0.3 is 6.18 Å². The van der Waals surface area contributed by atoms with E-state index in [0.29, 0.717) is 18.4 Å². The molecule has 0 aliphatic carbocycles. The van der Waals surface area contributed by atoms with Crippen molar-refractivity contribution in [2.45, 2.75) is 38.4 Å². The summed E-state index contributed by atoms with van der Waals surface area (Å²) < 4.78 is 50.1. The van der Waals surface area contributed by atoms with Crippen molar-refractivity contribution in [3.63, 3.8) is 0 Å². The van der Waals surface area contributed by atoms with Gasteiger partial charge in [-0.1, -0.05) is 13.0 Å². The maximum Gasteiger partial charge on any atom is 0.419 e. The van der Waals surface area contributed by atoms with Crippen molar-refractivity contribution in [3.05, 3.63) is 35.1 Å². The van der Waals surface area contributed by atoms with Gasteiger partial charge in [0.1, 0.15) is 5.82 Å². The van der Waals surface area contributed by atoms with Crippen LogP contribution in [0.25, 0.3) is 0 Å². The Morgan fingerprint density at radius 2 is 1.94 bits per heavy atom. The first-order chi connectivity index (χ1) is 7.84. The van der Waals surface area contributed by atoms with Crippen molar-refractivity contribution < 1.29 is 17.6 Å². The molecule has 1 atom stereocenters. The van der Waals surface area contributed by atoms with Gasteiger partial charge in [-0.15, -0.1) is 0 Å². The van der Waals surface area contributed by atoms with Gasteiger partial charge in [0.2, 0.25) is 0 Å². The van der Waals surface area contributed by atoms with Gasteiger partial charge in [-0.2, -0.15) is 13.2 Å². The van der Waals surface area contributed by atoms with Crippen LogP contribution < -0.4 is 5.73 Å². The monoisotopic (exact) mass is 249 g/mol. The first kappa shape index (κ1) is 14.0. The zero-order chi connectivity index (χ0) is 13.1. The fourth-order valence-corrected chi connectivity index (χ4v) is 1.50. The molecule has 0 spiro atoms. The fourth-order valence-electron chi connectivity index (χ4n) is 1.50. The molecule has 0 aromatic heterocycles. The second kappa shape index (κ2) is 5.49. The summed E-state index contributed by atoms with van der Waals surface area (Å²) in [5, 5.41) is 0. The van der Waals surface area contributed by atoms with Gasteiger partial charge in [-0.3, -0.25) is 0 Å². The molecule has 0 saturated heterocycles. The van der Waals surface area contributed by atoms with Crippen LogP contribution in [0.15, 0.2) is 18.2 Å². The Morgan fingerprint density at radius 3 is 2.41 bits per heavy atom. The largest absolute Gasteiger partial charge is 0.419 e. The maximum atomic E-state index is 13.2. The molecule has 1 rings (SSSR count). The fraction of sp³-hybridized carbons (Fsp3) is 0.500. The van der Waals surface area contributed by atoms with Crippen molar-refractivity contribution in [1.82, 2.24) is 0 Å². The van der Waals surface area contributed by atoms with Gasteiger partial charge in [-0.25, -0.2) is 4.39 Å². The second-order valence-electron chi connectivity index (χ2n) is 4.02. The molecular formula is C12H15F4N. The molecule has 0 radical (unpaired) electrons. The van der Waals surface area contributed by atoms with Gasteiger partial charge in [-0.05, 0) is 37.0 Å². The van der Waals surface area contributed by atoms with E-state index in [2.05, 4.69) is 0 Å². The third-order valence-electron chi connectivity index (χ3n) is 2.67. The lowest BCUT2D eigenvalue weighted by Gasteiger charge is -2.11. The van der Waals surface area contributed by atoms with Crippen LogP contribution in [0.4, 0.5) is 17.6 Å². The molecule has 2 N–H and O–H groups in total. The average molecular weight is 249 g/mol. The van der Waals surface area contributed by atoms with E-state index >= 15 is 0 Å². The highest BCUT2D eigenvalue weighted by Crippen LogP contribution is 2.31. The molecular weight excluding hydrogens is 234 g/mol. The van der Waals surface area contributed by atoms with E-state index in [9.17, 15) is 17.6 Å². The molecule has 1 aromatic rings. The zero-order valence-corrected chi connectivity index (χ0v) is 9.52. The highest BCUT2D eigenvalue weighted by Gasteiger charge is 2.33. The van der Waals surface area contributed by atoms with E-state index < -0.39 is 17.6 Å². The molecule has 17 heavy (non-hydrogen) atoms. The SMILES string of the molecule is CCC(N)CCc1ccc(C(F)(F)F)c(F)c1. The number of nitrogens with two attached hydrogens (primary N) is 1. The van der Waals surface area contributed by atoms with Gasteiger partial charge in [0.05, 0.1) is 5.56 Å². The van der Waals surface area contributed by atoms with Gasteiger partial charge in [0.25, 0.3) is 0 Å². The lowest BCUT2D eigenvalue weighted by Crippen LogP contribution is -2.19. The topological polar surface area (TPSA) is 26.0 Å². The normalized spacial score (nSPS) is 13.8. The van der Waals surface area contributed by atoms with Crippen LogP contribution in [0.2, 0.25) is 0 Å². The molecule has 0 amide bonds. The zero-order valence-electron chi connectivity index (χ0n) is 9.52.